The molecule has 0 aliphatic rings. The van der Waals surface area contributed by atoms with Gasteiger partial charge in [-0.3, -0.25) is 0 Å². The summed E-state index contributed by atoms with van der Waals surface area (Å²) in [6.45, 7) is 11.2. The highest BCUT2D eigenvalue weighted by Gasteiger charge is 1.96. The van der Waals surface area contributed by atoms with E-state index in [2.05, 4.69) is 18.2 Å². The largest absolute Gasteiger partial charge is 0.384 e. The minimum Gasteiger partial charge on any atom is -0.384 e. The molecule has 0 aromatic heterocycles. The van der Waals surface area contributed by atoms with Crippen molar-refractivity contribution in [3.8, 4) is 0 Å². The van der Waals surface area contributed by atoms with Crippen molar-refractivity contribution in [1.29, 1.82) is 0 Å². The van der Waals surface area contributed by atoms with Crippen LogP contribution in [0.15, 0.2) is 29.9 Å². The monoisotopic (exact) mass is 138 g/mol. The summed E-state index contributed by atoms with van der Waals surface area (Å²) in [6.07, 6.45) is 1.51. The average Bonchev–Trinajstić information content (AvgIpc) is 1.87. The highest BCUT2D eigenvalue weighted by molar-refractivity contribution is 5.91. The van der Waals surface area contributed by atoms with Crippen LogP contribution in [0.5, 0.6) is 0 Å². The van der Waals surface area contributed by atoms with E-state index < -0.39 is 0 Å². The fraction of sp³-hybridized carbons (Fsp3) is 0.375. The van der Waals surface area contributed by atoms with E-state index >= 15 is 0 Å². The fourth-order valence-corrected chi connectivity index (χ4v) is 0.341. The van der Waals surface area contributed by atoms with E-state index in [1.165, 1.54) is 6.08 Å². The molecule has 0 radical (unpaired) electrons. The molecule has 0 aliphatic carbocycles. The first kappa shape index (κ1) is 8.95. The van der Waals surface area contributed by atoms with Crippen LogP contribution < -0.4 is 5.73 Å². The highest BCUT2D eigenvalue weighted by atomic mass is 14.9. The van der Waals surface area contributed by atoms with Crippen LogP contribution in [0.4, 0.5) is 0 Å². The number of hydrogen-bond donors (Lipinski definition) is 1. The molecule has 0 aromatic carbocycles. The summed E-state index contributed by atoms with van der Waals surface area (Å²) >= 11 is 0. The van der Waals surface area contributed by atoms with Gasteiger partial charge in [0.1, 0.15) is 5.84 Å². The van der Waals surface area contributed by atoms with Gasteiger partial charge in [0, 0.05) is 5.70 Å². The van der Waals surface area contributed by atoms with Crippen LogP contribution in [-0.4, -0.2) is 5.84 Å². The van der Waals surface area contributed by atoms with E-state index in [9.17, 15) is 0 Å². The SMILES string of the molecule is C=CC(N)=NC(=C)C(C)C. The van der Waals surface area contributed by atoms with Gasteiger partial charge in [-0.05, 0) is 12.0 Å². The number of hydrogen-bond acceptors (Lipinski definition) is 1. The van der Waals surface area contributed by atoms with Crippen LogP contribution in [0.1, 0.15) is 13.8 Å². The lowest BCUT2D eigenvalue weighted by Crippen LogP contribution is -2.08. The van der Waals surface area contributed by atoms with Crippen molar-refractivity contribution in [2.75, 3.05) is 0 Å². The van der Waals surface area contributed by atoms with Gasteiger partial charge < -0.3 is 5.73 Å². The summed E-state index contributed by atoms with van der Waals surface area (Å²) in [5.74, 6) is 0.775. The van der Waals surface area contributed by atoms with Crippen LogP contribution in [-0.2, 0) is 0 Å². The van der Waals surface area contributed by atoms with E-state index in [0.29, 0.717) is 11.8 Å². The van der Waals surface area contributed by atoms with Crippen molar-refractivity contribution in [1.82, 2.24) is 0 Å². The quantitative estimate of drug-likeness (QED) is 0.468. The molecule has 0 aromatic rings. The van der Waals surface area contributed by atoms with Crippen LogP contribution >= 0.6 is 0 Å². The van der Waals surface area contributed by atoms with Crippen molar-refractivity contribution in [2.45, 2.75) is 13.8 Å². The normalized spacial score (nSPS) is 11.7. The van der Waals surface area contributed by atoms with E-state index in [-0.39, 0.29) is 0 Å². The fourth-order valence-electron chi connectivity index (χ4n) is 0.341. The lowest BCUT2D eigenvalue weighted by molar-refractivity contribution is 0.762. The Hall–Kier alpha value is -1.05. The third-order valence-corrected chi connectivity index (χ3v) is 1.15. The Morgan fingerprint density at radius 1 is 1.60 bits per heavy atom. The first-order valence-electron chi connectivity index (χ1n) is 3.23. The Kier molecular flexibility index (Phi) is 3.47. The molecule has 0 bridgehead atoms. The topological polar surface area (TPSA) is 38.4 Å². The van der Waals surface area contributed by atoms with Gasteiger partial charge in [0.25, 0.3) is 0 Å². The Labute approximate surface area is 62.1 Å². The first-order chi connectivity index (χ1) is 4.57. The van der Waals surface area contributed by atoms with Gasteiger partial charge in [0.05, 0.1) is 0 Å². The summed E-state index contributed by atoms with van der Waals surface area (Å²) in [5, 5.41) is 0. The number of nitrogens with two attached hydrogens (primary N) is 1. The smallest absolute Gasteiger partial charge is 0.122 e. The van der Waals surface area contributed by atoms with E-state index in [0.717, 1.165) is 5.70 Å². The van der Waals surface area contributed by atoms with E-state index in [4.69, 9.17) is 5.73 Å². The predicted molar refractivity (Wildman–Crippen MR) is 45.8 cm³/mol. The summed E-state index contributed by atoms with van der Waals surface area (Å²) in [6, 6.07) is 0. The predicted octanol–water partition coefficient (Wildman–Crippen LogP) is 1.70. The molecule has 2 nitrogen and oxygen atoms in total. The van der Waals surface area contributed by atoms with Crippen LogP contribution in [0.3, 0.4) is 0 Å². The molecule has 10 heavy (non-hydrogen) atoms. The molecule has 2 heteroatoms. The zero-order valence-corrected chi connectivity index (χ0v) is 6.59. The molecular weight excluding hydrogens is 124 g/mol. The second kappa shape index (κ2) is 3.88. The summed E-state index contributed by atoms with van der Waals surface area (Å²) in [5.41, 5.74) is 6.17. The standard InChI is InChI=1S/C8H14N2/c1-5-8(9)10-7(4)6(2)3/h5-6H,1,4H2,2-3H3,(H2,9,10). The number of allylic oxidation sites excluding steroid dienone is 1. The van der Waals surface area contributed by atoms with Gasteiger partial charge >= 0.3 is 0 Å². The van der Waals surface area contributed by atoms with E-state index in [1.54, 1.807) is 0 Å². The Balaban J connectivity index is 4.13. The van der Waals surface area contributed by atoms with Gasteiger partial charge in [-0.15, -0.1) is 0 Å². The number of nitrogens with zero attached hydrogens (tertiary/aromatic N) is 1. The second-order valence-electron chi connectivity index (χ2n) is 2.39. The number of rotatable bonds is 3. The lowest BCUT2D eigenvalue weighted by atomic mass is 10.2. The minimum absolute atomic E-state index is 0.346. The maximum atomic E-state index is 5.38. The minimum atomic E-state index is 0.346. The maximum absolute atomic E-state index is 5.38. The summed E-state index contributed by atoms with van der Waals surface area (Å²) < 4.78 is 0. The van der Waals surface area contributed by atoms with Crippen molar-refractivity contribution in [3.05, 3.63) is 24.9 Å². The molecule has 0 aliphatic heterocycles. The zero-order chi connectivity index (χ0) is 8.15. The molecule has 56 valence electrons. The number of amidine groups is 1. The molecule has 2 N–H and O–H groups in total. The van der Waals surface area contributed by atoms with Crippen molar-refractivity contribution in [2.24, 2.45) is 16.6 Å². The van der Waals surface area contributed by atoms with Crippen molar-refractivity contribution < 1.29 is 0 Å². The maximum Gasteiger partial charge on any atom is 0.122 e. The molecule has 0 fully saturated rings. The Morgan fingerprint density at radius 3 is 2.40 bits per heavy atom. The van der Waals surface area contributed by atoms with Gasteiger partial charge in [-0.25, -0.2) is 4.99 Å². The molecule has 0 saturated heterocycles. The molecule has 0 heterocycles. The number of aliphatic imine (C=N–C) groups is 1. The highest BCUT2D eigenvalue weighted by Crippen LogP contribution is 2.06. The molecule has 0 atom stereocenters. The van der Waals surface area contributed by atoms with Crippen molar-refractivity contribution >= 4 is 5.84 Å². The van der Waals surface area contributed by atoms with Crippen LogP contribution in [0, 0.1) is 5.92 Å². The average molecular weight is 138 g/mol. The lowest BCUT2D eigenvalue weighted by Gasteiger charge is -2.02. The van der Waals surface area contributed by atoms with E-state index in [1.807, 2.05) is 13.8 Å². The van der Waals surface area contributed by atoms with Gasteiger partial charge in [-0.2, -0.15) is 0 Å². The van der Waals surface area contributed by atoms with Crippen LogP contribution in [0.2, 0.25) is 0 Å². The molecular formula is C8H14N2. The van der Waals surface area contributed by atoms with Crippen LogP contribution in [0.25, 0.3) is 0 Å². The second-order valence-corrected chi connectivity index (χ2v) is 2.39. The molecule has 0 saturated carbocycles. The molecule has 0 unspecified atom stereocenters. The Morgan fingerprint density at radius 2 is 2.10 bits per heavy atom. The van der Waals surface area contributed by atoms with Gasteiger partial charge in [0.15, 0.2) is 0 Å². The Bertz CT molecular complexity index is 166. The van der Waals surface area contributed by atoms with Gasteiger partial charge in [-0.1, -0.05) is 27.0 Å². The zero-order valence-electron chi connectivity index (χ0n) is 6.59. The molecule has 0 rings (SSSR count). The third-order valence-electron chi connectivity index (χ3n) is 1.15. The van der Waals surface area contributed by atoms with Crippen molar-refractivity contribution in [3.63, 3.8) is 0 Å². The molecule has 0 spiro atoms. The molecule has 0 amide bonds. The summed E-state index contributed by atoms with van der Waals surface area (Å²) in [4.78, 5) is 3.98. The van der Waals surface area contributed by atoms with Gasteiger partial charge in [0.2, 0.25) is 0 Å². The first-order valence-corrected chi connectivity index (χ1v) is 3.23. The third kappa shape index (κ3) is 3.07. The summed E-state index contributed by atoms with van der Waals surface area (Å²) in [7, 11) is 0.